The van der Waals surface area contributed by atoms with E-state index in [2.05, 4.69) is 15.6 Å². The molecule has 0 aliphatic carbocycles. The van der Waals surface area contributed by atoms with Gasteiger partial charge in [0.25, 0.3) is 5.91 Å². The monoisotopic (exact) mass is 393 g/mol. The number of nitrogens with one attached hydrogen (secondary N) is 2. The molecule has 4 rings (SSSR count). The Morgan fingerprint density at radius 2 is 2.04 bits per heavy atom. The van der Waals surface area contributed by atoms with E-state index in [0.717, 1.165) is 34.7 Å². The van der Waals surface area contributed by atoms with Gasteiger partial charge >= 0.3 is 0 Å². The summed E-state index contributed by atoms with van der Waals surface area (Å²) < 4.78 is 5.39. The molecular formula is C21H19N3O3S. The van der Waals surface area contributed by atoms with Gasteiger partial charge in [0, 0.05) is 28.6 Å². The van der Waals surface area contributed by atoms with Crippen molar-refractivity contribution in [3.63, 3.8) is 0 Å². The van der Waals surface area contributed by atoms with E-state index in [1.807, 2.05) is 30.5 Å². The van der Waals surface area contributed by atoms with E-state index < -0.39 is 0 Å². The van der Waals surface area contributed by atoms with E-state index >= 15 is 0 Å². The molecule has 0 bridgehead atoms. The summed E-state index contributed by atoms with van der Waals surface area (Å²) in [6.45, 7) is 2.50. The molecule has 0 saturated carbocycles. The molecule has 0 fully saturated rings. The van der Waals surface area contributed by atoms with Crippen LogP contribution in [-0.4, -0.2) is 23.4 Å². The topological polar surface area (TPSA) is 80.3 Å². The summed E-state index contributed by atoms with van der Waals surface area (Å²) in [5.41, 5.74) is 4.27. The molecule has 6 nitrogen and oxygen atoms in total. The summed E-state index contributed by atoms with van der Waals surface area (Å²) >= 11 is 1.38. The second-order valence-electron chi connectivity index (χ2n) is 6.37. The third-order valence-corrected chi connectivity index (χ3v) is 5.21. The van der Waals surface area contributed by atoms with E-state index in [1.54, 1.807) is 24.3 Å². The molecule has 0 spiro atoms. The van der Waals surface area contributed by atoms with Crippen molar-refractivity contribution in [2.24, 2.45) is 0 Å². The molecule has 28 heavy (non-hydrogen) atoms. The first kappa shape index (κ1) is 18.2. The Balaban J connectivity index is 1.47. The number of hydrogen-bond acceptors (Lipinski definition) is 5. The number of carbonyl (C=O) groups is 2. The molecule has 2 aromatic carbocycles. The Bertz CT molecular complexity index is 1030. The highest BCUT2D eigenvalue weighted by atomic mass is 32.1. The Morgan fingerprint density at radius 1 is 1.21 bits per heavy atom. The summed E-state index contributed by atoms with van der Waals surface area (Å²) in [6, 6.07) is 12.9. The van der Waals surface area contributed by atoms with Crippen LogP contribution in [0.5, 0.6) is 5.75 Å². The van der Waals surface area contributed by atoms with Crippen LogP contribution in [0.1, 0.15) is 29.3 Å². The molecule has 0 unspecified atom stereocenters. The van der Waals surface area contributed by atoms with Crippen LogP contribution in [0, 0.1) is 0 Å². The summed E-state index contributed by atoms with van der Waals surface area (Å²) in [5.74, 6) is 0.574. The van der Waals surface area contributed by atoms with Gasteiger partial charge in [-0.15, -0.1) is 11.3 Å². The minimum Gasteiger partial charge on any atom is -0.494 e. The number of aryl methyl sites for hydroxylation is 1. The van der Waals surface area contributed by atoms with Crippen molar-refractivity contribution in [2.45, 2.75) is 19.8 Å². The summed E-state index contributed by atoms with van der Waals surface area (Å²) in [7, 11) is 0. The van der Waals surface area contributed by atoms with Crippen molar-refractivity contribution in [1.29, 1.82) is 0 Å². The quantitative estimate of drug-likeness (QED) is 0.675. The van der Waals surface area contributed by atoms with E-state index in [4.69, 9.17) is 4.74 Å². The predicted molar refractivity (Wildman–Crippen MR) is 110 cm³/mol. The number of rotatable bonds is 5. The number of benzene rings is 2. The van der Waals surface area contributed by atoms with Crippen molar-refractivity contribution in [2.75, 3.05) is 17.2 Å². The molecule has 7 heteroatoms. The third-order valence-electron chi connectivity index (χ3n) is 4.45. The maximum atomic E-state index is 12.4. The van der Waals surface area contributed by atoms with Crippen LogP contribution in [0.15, 0.2) is 47.8 Å². The highest BCUT2D eigenvalue weighted by molar-refractivity contribution is 7.14. The zero-order valence-electron chi connectivity index (χ0n) is 15.3. The Morgan fingerprint density at radius 3 is 2.82 bits per heavy atom. The van der Waals surface area contributed by atoms with Crippen LogP contribution >= 0.6 is 11.3 Å². The first-order valence-corrected chi connectivity index (χ1v) is 9.93. The van der Waals surface area contributed by atoms with Crippen molar-refractivity contribution < 1.29 is 14.3 Å². The second-order valence-corrected chi connectivity index (χ2v) is 7.23. The smallest absolute Gasteiger partial charge is 0.257 e. The lowest BCUT2D eigenvalue weighted by atomic mass is 9.99. The lowest BCUT2D eigenvalue weighted by Gasteiger charge is -2.17. The van der Waals surface area contributed by atoms with Crippen molar-refractivity contribution in [1.82, 2.24) is 4.98 Å². The van der Waals surface area contributed by atoms with Gasteiger partial charge in [-0.3, -0.25) is 14.9 Å². The Labute approximate surface area is 166 Å². The van der Waals surface area contributed by atoms with Gasteiger partial charge in [0.05, 0.1) is 12.3 Å². The fourth-order valence-electron chi connectivity index (χ4n) is 3.04. The number of carbonyl (C=O) groups excluding carboxylic acids is 2. The van der Waals surface area contributed by atoms with Gasteiger partial charge in [-0.1, -0.05) is 6.07 Å². The molecule has 0 atom stereocenters. The highest BCUT2D eigenvalue weighted by Crippen LogP contribution is 2.30. The normalized spacial score (nSPS) is 12.8. The van der Waals surface area contributed by atoms with E-state index in [-0.39, 0.29) is 11.8 Å². The highest BCUT2D eigenvalue weighted by Gasteiger charge is 2.16. The third kappa shape index (κ3) is 3.89. The average molecular weight is 393 g/mol. The van der Waals surface area contributed by atoms with Gasteiger partial charge in [-0.05, 0) is 55.3 Å². The minimum absolute atomic E-state index is 0.0493. The average Bonchev–Trinajstić information content (AvgIpc) is 3.17. The zero-order valence-corrected chi connectivity index (χ0v) is 16.1. The summed E-state index contributed by atoms with van der Waals surface area (Å²) in [4.78, 5) is 28.4. The largest absolute Gasteiger partial charge is 0.494 e. The standard InChI is InChI=1S/C21H19N3O3S/c1-2-27-16-7-3-13(4-8-16)20(26)24-21-23-18(12-28-21)15-5-9-17-14(11-15)6-10-19(25)22-17/h3-5,7-9,11-12H,2,6,10H2,1H3,(H,22,25)(H,23,24,26). The van der Waals surface area contributed by atoms with E-state index in [9.17, 15) is 9.59 Å². The van der Waals surface area contributed by atoms with Crippen molar-refractivity contribution in [3.05, 3.63) is 59.0 Å². The molecule has 142 valence electrons. The van der Waals surface area contributed by atoms with Crippen molar-refractivity contribution in [3.8, 4) is 17.0 Å². The maximum Gasteiger partial charge on any atom is 0.257 e. The molecular weight excluding hydrogens is 374 g/mol. The number of fused-ring (bicyclic) bond motifs is 1. The molecule has 2 amide bonds. The van der Waals surface area contributed by atoms with Crippen LogP contribution in [0.3, 0.4) is 0 Å². The fourth-order valence-corrected chi connectivity index (χ4v) is 3.76. The molecule has 2 heterocycles. The predicted octanol–water partition coefficient (Wildman–Crippen LogP) is 4.35. The van der Waals surface area contributed by atoms with Crippen LogP contribution < -0.4 is 15.4 Å². The lowest BCUT2D eigenvalue weighted by molar-refractivity contribution is -0.116. The van der Waals surface area contributed by atoms with Crippen LogP contribution in [0.25, 0.3) is 11.3 Å². The van der Waals surface area contributed by atoms with Gasteiger partial charge < -0.3 is 10.1 Å². The number of anilines is 2. The maximum absolute atomic E-state index is 12.4. The first-order chi connectivity index (χ1) is 13.6. The minimum atomic E-state index is -0.211. The Kier molecular flexibility index (Phi) is 5.08. The number of nitrogens with zero attached hydrogens (tertiary/aromatic N) is 1. The van der Waals surface area contributed by atoms with Gasteiger partial charge in [0.15, 0.2) is 5.13 Å². The summed E-state index contributed by atoms with van der Waals surface area (Å²) in [6.07, 6.45) is 1.22. The van der Waals surface area contributed by atoms with E-state index in [0.29, 0.717) is 23.7 Å². The van der Waals surface area contributed by atoms with Crippen LogP contribution in [-0.2, 0) is 11.2 Å². The van der Waals surface area contributed by atoms with Gasteiger partial charge in [0.2, 0.25) is 5.91 Å². The Hall–Kier alpha value is -3.19. The SMILES string of the molecule is CCOc1ccc(C(=O)Nc2nc(-c3ccc4c(c3)CCC(=O)N4)cs2)cc1. The molecule has 1 aliphatic rings. The molecule has 0 saturated heterocycles. The first-order valence-electron chi connectivity index (χ1n) is 9.05. The molecule has 1 aromatic heterocycles. The zero-order chi connectivity index (χ0) is 19.5. The number of thiazole rings is 1. The van der Waals surface area contributed by atoms with Gasteiger partial charge in [-0.2, -0.15) is 0 Å². The molecule has 1 aliphatic heterocycles. The second kappa shape index (κ2) is 7.82. The summed E-state index contributed by atoms with van der Waals surface area (Å²) in [5, 5.41) is 8.17. The van der Waals surface area contributed by atoms with Crippen molar-refractivity contribution >= 4 is 34.0 Å². The molecule has 0 radical (unpaired) electrons. The molecule has 2 N–H and O–H groups in total. The molecule has 3 aromatic rings. The lowest BCUT2D eigenvalue weighted by Crippen LogP contribution is -2.18. The number of hydrogen-bond donors (Lipinski definition) is 2. The van der Waals surface area contributed by atoms with Crippen LogP contribution in [0.2, 0.25) is 0 Å². The fraction of sp³-hybridized carbons (Fsp3) is 0.190. The van der Waals surface area contributed by atoms with Gasteiger partial charge in [-0.25, -0.2) is 4.98 Å². The van der Waals surface area contributed by atoms with Gasteiger partial charge in [0.1, 0.15) is 5.75 Å². The van der Waals surface area contributed by atoms with Crippen LogP contribution in [0.4, 0.5) is 10.8 Å². The number of ether oxygens (including phenoxy) is 1. The number of aromatic nitrogens is 1. The van der Waals surface area contributed by atoms with E-state index in [1.165, 1.54) is 11.3 Å². The number of amides is 2.